The number of rotatable bonds is 7. The van der Waals surface area contributed by atoms with Gasteiger partial charge in [-0.25, -0.2) is 0 Å². The molecule has 1 heterocycles. The van der Waals surface area contributed by atoms with Crippen molar-refractivity contribution >= 4 is 11.6 Å². The lowest BCUT2D eigenvalue weighted by Gasteiger charge is -2.40. The van der Waals surface area contributed by atoms with Crippen LogP contribution in [0.1, 0.15) is 28.4 Å². The van der Waals surface area contributed by atoms with Gasteiger partial charge in [0.2, 0.25) is 0 Å². The number of hydrogen-bond donors (Lipinski definition) is 1. The van der Waals surface area contributed by atoms with Crippen LogP contribution < -0.4 is 5.32 Å². The van der Waals surface area contributed by atoms with Crippen LogP contribution in [0, 0.1) is 10.1 Å². The lowest BCUT2D eigenvalue weighted by atomic mass is 10.0. The number of piperazine rings is 1. The number of carbonyl (C=O) groups excluding carboxylic acids is 1. The largest absolute Gasteiger partial charge is 0.352 e. The summed E-state index contributed by atoms with van der Waals surface area (Å²) in [5, 5.41) is 13.7. The predicted molar refractivity (Wildman–Crippen MR) is 108 cm³/mol. The number of nitro groups is 1. The highest BCUT2D eigenvalue weighted by atomic mass is 16.6. The van der Waals surface area contributed by atoms with Gasteiger partial charge in [0.05, 0.1) is 4.92 Å². The van der Waals surface area contributed by atoms with Gasteiger partial charge in [0.15, 0.2) is 0 Å². The Balaban J connectivity index is 1.51. The van der Waals surface area contributed by atoms with Gasteiger partial charge in [-0.15, -0.1) is 0 Å². The van der Waals surface area contributed by atoms with E-state index in [9.17, 15) is 14.9 Å². The Morgan fingerprint density at radius 2 is 1.96 bits per heavy atom. The number of nitrogens with one attached hydrogen (secondary N) is 1. The topological polar surface area (TPSA) is 78.7 Å². The summed E-state index contributed by atoms with van der Waals surface area (Å²) in [4.78, 5) is 27.4. The molecule has 0 bridgehead atoms. The van der Waals surface area contributed by atoms with Crippen LogP contribution in [-0.4, -0.2) is 60.4 Å². The van der Waals surface area contributed by atoms with Crippen LogP contribution in [0.25, 0.3) is 0 Å². The number of nitro benzene ring substituents is 1. The molecule has 1 fully saturated rings. The first-order chi connectivity index (χ1) is 13.5. The predicted octanol–water partition coefficient (Wildman–Crippen LogP) is 2.70. The van der Waals surface area contributed by atoms with Crippen LogP contribution in [0.15, 0.2) is 54.6 Å². The molecule has 1 aliphatic rings. The van der Waals surface area contributed by atoms with Crippen LogP contribution in [0.4, 0.5) is 5.69 Å². The van der Waals surface area contributed by atoms with E-state index in [4.69, 9.17) is 0 Å². The molecule has 1 aliphatic heterocycles. The summed E-state index contributed by atoms with van der Waals surface area (Å²) in [6.45, 7) is 4.44. The van der Waals surface area contributed by atoms with Gasteiger partial charge in [-0.05, 0) is 25.1 Å². The van der Waals surface area contributed by atoms with E-state index in [0.717, 1.165) is 32.6 Å². The molecule has 1 saturated heterocycles. The Bertz CT molecular complexity index is 812. The van der Waals surface area contributed by atoms with Gasteiger partial charge >= 0.3 is 0 Å². The highest BCUT2D eigenvalue weighted by Gasteiger charge is 2.25. The Kier molecular flexibility index (Phi) is 6.73. The number of benzene rings is 2. The average Bonchev–Trinajstić information content (AvgIpc) is 2.72. The Labute approximate surface area is 165 Å². The maximum Gasteiger partial charge on any atom is 0.270 e. The van der Waals surface area contributed by atoms with E-state index in [1.165, 1.54) is 23.8 Å². The lowest BCUT2D eigenvalue weighted by molar-refractivity contribution is -0.384. The molecule has 0 radical (unpaired) electrons. The van der Waals surface area contributed by atoms with Gasteiger partial charge in [0, 0.05) is 56.5 Å². The smallest absolute Gasteiger partial charge is 0.270 e. The molecule has 28 heavy (non-hydrogen) atoms. The maximum absolute atomic E-state index is 12.2. The van der Waals surface area contributed by atoms with Gasteiger partial charge in [-0.3, -0.25) is 19.8 Å². The summed E-state index contributed by atoms with van der Waals surface area (Å²) in [5.41, 5.74) is 1.56. The van der Waals surface area contributed by atoms with Crippen molar-refractivity contribution in [1.82, 2.24) is 15.1 Å². The lowest BCUT2D eigenvalue weighted by Crippen LogP contribution is -2.47. The minimum absolute atomic E-state index is 0.0733. The Hall–Kier alpha value is -2.77. The molecule has 2 aromatic rings. The third kappa shape index (κ3) is 5.15. The van der Waals surface area contributed by atoms with Crippen molar-refractivity contribution in [3.63, 3.8) is 0 Å². The summed E-state index contributed by atoms with van der Waals surface area (Å²) in [5.74, 6) is -0.276. The Morgan fingerprint density at radius 1 is 1.18 bits per heavy atom. The van der Waals surface area contributed by atoms with Crippen LogP contribution in [-0.2, 0) is 0 Å². The molecule has 1 amide bonds. The van der Waals surface area contributed by atoms with Gasteiger partial charge in [-0.1, -0.05) is 36.4 Å². The third-order valence-electron chi connectivity index (χ3n) is 5.11. The van der Waals surface area contributed by atoms with Gasteiger partial charge in [0.1, 0.15) is 0 Å². The standard InChI is InChI=1S/C21H26N4O3/c1-23-13-14-24(20(16-23)17-7-3-2-4-8-17)12-6-11-22-21(26)18-9-5-10-19(15-18)25(27)28/h2-5,7-10,15,20H,6,11-14,16H2,1H3,(H,22,26)/t20-/m0/s1. The SMILES string of the molecule is CN1CCN(CCCNC(=O)c2cccc([N+](=O)[O-])c2)[C@H](c2ccccc2)C1. The highest BCUT2D eigenvalue weighted by Crippen LogP contribution is 2.24. The highest BCUT2D eigenvalue weighted by molar-refractivity contribution is 5.94. The molecule has 3 rings (SSSR count). The van der Waals surface area contributed by atoms with Crippen molar-refractivity contribution < 1.29 is 9.72 Å². The third-order valence-corrected chi connectivity index (χ3v) is 5.11. The molecule has 148 valence electrons. The first kappa shape index (κ1) is 20.0. The molecular formula is C21H26N4O3. The van der Waals surface area contributed by atoms with Crippen LogP contribution in [0.3, 0.4) is 0 Å². The van der Waals surface area contributed by atoms with Crippen molar-refractivity contribution in [3.8, 4) is 0 Å². The van der Waals surface area contributed by atoms with E-state index >= 15 is 0 Å². The fourth-order valence-corrected chi connectivity index (χ4v) is 3.56. The van der Waals surface area contributed by atoms with Crippen molar-refractivity contribution in [2.24, 2.45) is 0 Å². The van der Waals surface area contributed by atoms with E-state index in [0.29, 0.717) is 18.2 Å². The summed E-state index contributed by atoms with van der Waals surface area (Å²) in [7, 11) is 2.15. The molecule has 0 saturated carbocycles. The quantitative estimate of drug-likeness (QED) is 0.453. The zero-order valence-electron chi connectivity index (χ0n) is 16.1. The zero-order valence-corrected chi connectivity index (χ0v) is 16.1. The van der Waals surface area contributed by atoms with Crippen LogP contribution in [0.5, 0.6) is 0 Å². The molecule has 0 unspecified atom stereocenters. The minimum Gasteiger partial charge on any atom is -0.352 e. The summed E-state index contributed by atoms with van der Waals surface area (Å²) in [6, 6.07) is 16.7. The molecule has 0 aliphatic carbocycles. The average molecular weight is 382 g/mol. The number of carbonyl (C=O) groups is 1. The van der Waals surface area contributed by atoms with E-state index < -0.39 is 4.92 Å². The van der Waals surface area contributed by atoms with Crippen molar-refractivity contribution in [2.75, 3.05) is 39.8 Å². The van der Waals surface area contributed by atoms with Gasteiger partial charge in [0.25, 0.3) is 11.6 Å². The summed E-state index contributed by atoms with van der Waals surface area (Å²) in [6.07, 6.45) is 0.827. The fourth-order valence-electron chi connectivity index (χ4n) is 3.56. The summed E-state index contributed by atoms with van der Waals surface area (Å²) >= 11 is 0. The molecule has 0 spiro atoms. The van der Waals surface area contributed by atoms with Crippen molar-refractivity contribution in [3.05, 3.63) is 75.8 Å². The van der Waals surface area contributed by atoms with Gasteiger partial charge < -0.3 is 10.2 Å². The second-order valence-corrected chi connectivity index (χ2v) is 7.14. The molecule has 7 heteroatoms. The molecule has 0 aromatic heterocycles. The Morgan fingerprint density at radius 3 is 2.71 bits per heavy atom. The van der Waals surface area contributed by atoms with E-state index in [1.807, 2.05) is 6.07 Å². The van der Waals surface area contributed by atoms with Crippen LogP contribution in [0.2, 0.25) is 0 Å². The second kappa shape index (κ2) is 9.43. The van der Waals surface area contributed by atoms with Crippen LogP contribution >= 0.6 is 0 Å². The molecule has 1 N–H and O–H groups in total. The second-order valence-electron chi connectivity index (χ2n) is 7.14. The molecule has 7 nitrogen and oxygen atoms in total. The number of likely N-dealkylation sites (N-methyl/N-ethyl adjacent to an activating group) is 1. The molecular weight excluding hydrogens is 356 g/mol. The molecule has 2 aromatic carbocycles. The number of hydrogen-bond acceptors (Lipinski definition) is 5. The zero-order chi connectivity index (χ0) is 19.9. The first-order valence-electron chi connectivity index (χ1n) is 9.55. The first-order valence-corrected chi connectivity index (χ1v) is 9.55. The minimum atomic E-state index is -0.492. The van der Waals surface area contributed by atoms with E-state index in [-0.39, 0.29) is 11.6 Å². The number of non-ortho nitro benzene ring substituents is 1. The van der Waals surface area contributed by atoms with E-state index in [2.05, 4.69) is 46.4 Å². The number of nitrogens with zero attached hydrogens (tertiary/aromatic N) is 3. The normalized spacial score (nSPS) is 18.0. The maximum atomic E-state index is 12.2. The van der Waals surface area contributed by atoms with Gasteiger partial charge in [-0.2, -0.15) is 0 Å². The molecule has 1 atom stereocenters. The fraction of sp³-hybridized carbons (Fsp3) is 0.381. The van der Waals surface area contributed by atoms with Crippen molar-refractivity contribution in [1.29, 1.82) is 0 Å². The monoisotopic (exact) mass is 382 g/mol. The number of amides is 1. The van der Waals surface area contributed by atoms with E-state index in [1.54, 1.807) is 6.07 Å². The van der Waals surface area contributed by atoms with Crippen molar-refractivity contribution in [2.45, 2.75) is 12.5 Å². The summed E-state index contributed by atoms with van der Waals surface area (Å²) < 4.78 is 0.